The molecule has 5 rings (SSSR count). The first-order valence-electron chi connectivity index (χ1n) is 13.7. The predicted octanol–water partition coefficient (Wildman–Crippen LogP) is 4.33. The second kappa shape index (κ2) is 12.9. The van der Waals surface area contributed by atoms with Crippen LogP contribution in [-0.2, 0) is 16.1 Å². The zero-order chi connectivity index (χ0) is 30.5. The number of piperazine rings is 1. The molecule has 0 bridgehead atoms. The molecule has 43 heavy (non-hydrogen) atoms. The number of carbonyl (C=O) groups excluding carboxylic acids is 1. The van der Waals surface area contributed by atoms with E-state index in [9.17, 15) is 24.6 Å². The molecule has 1 aliphatic heterocycles. The monoisotopic (exact) mass is 588 g/mol. The summed E-state index contributed by atoms with van der Waals surface area (Å²) in [7, 11) is 2.86. The lowest BCUT2D eigenvalue weighted by molar-refractivity contribution is -0.141. The number of furan rings is 1. The van der Waals surface area contributed by atoms with Crippen LogP contribution in [0.1, 0.15) is 40.0 Å². The number of rotatable bonds is 10. The van der Waals surface area contributed by atoms with Gasteiger partial charge in [-0.05, 0) is 42.5 Å². The van der Waals surface area contributed by atoms with Gasteiger partial charge in [0.2, 0.25) is 11.2 Å². The maximum absolute atomic E-state index is 12.9. The molecule has 224 valence electrons. The van der Waals surface area contributed by atoms with E-state index in [0.717, 1.165) is 24.5 Å². The van der Waals surface area contributed by atoms with Crippen LogP contribution in [-0.4, -0.2) is 67.5 Å². The van der Waals surface area contributed by atoms with Gasteiger partial charge >= 0.3 is 11.9 Å². The van der Waals surface area contributed by atoms with Crippen molar-refractivity contribution in [1.82, 2.24) is 4.90 Å². The van der Waals surface area contributed by atoms with E-state index in [1.165, 1.54) is 19.2 Å². The van der Waals surface area contributed by atoms with Crippen molar-refractivity contribution in [3.05, 3.63) is 99.8 Å². The second-order valence-electron chi connectivity index (χ2n) is 10.1. The van der Waals surface area contributed by atoms with Crippen molar-refractivity contribution >= 4 is 17.6 Å². The summed E-state index contributed by atoms with van der Waals surface area (Å²) < 4.78 is 22.2. The van der Waals surface area contributed by atoms with Crippen LogP contribution in [0.15, 0.2) is 80.4 Å². The fourth-order valence-electron chi connectivity index (χ4n) is 5.19. The number of hydrogen-bond acceptors (Lipinski definition) is 10. The Balaban J connectivity index is 1.39. The highest BCUT2D eigenvalue weighted by atomic mass is 16.5. The van der Waals surface area contributed by atoms with Gasteiger partial charge in [-0.2, -0.15) is 0 Å². The molecule has 11 heteroatoms. The Labute approximate surface area is 247 Å². The SMILES string of the molecule is COC(=O)CC(c1ccc(-c2ccccc2C(=O)O)o1)c1oc(CN2CCN(c3ccc(OC)cc3)CC2)cc(=O)c1O. The first-order valence-corrected chi connectivity index (χ1v) is 13.7. The highest BCUT2D eigenvalue weighted by molar-refractivity contribution is 5.95. The number of carboxylic acids is 1. The average molecular weight is 589 g/mol. The molecule has 0 aliphatic carbocycles. The van der Waals surface area contributed by atoms with E-state index < -0.39 is 29.0 Å². The Morgan fingerprint density at radius 2 is 1.67 bits per heavy atom. The molecule has 2 aromatic heterocycles. The maximum atomic E-state index is 12.9. The van der Waals surface area contributed by atoms with E-state index in [2.05, 4.69) is 9.80 Å². The highest BCUT2D eigenvalue weighted by Crippen LogP contribution is 2.37. The molecule has 0 spiro atoms. The molecule has 0 radical (unpaired) electrons. The summed E-state index contributed by atoms with van der Waals surface area (Å²) >= 11 is 0. The van der Waals surface area contributed by atoms with E-state index >= 15 is 0 Å². The summed E-state index contributed by atoms with van der Waals surface area (Å²) in [6, 6.07) is 18.6. The number of carbonyl (C=O) groups is 2. The third-order valence-electron chi connectivity index (χ3n) is 7.50. The number of nitrogens with zero attached hydrogens (tertiary/aromatic N) is 2. The van der Waals surface area contributed by atoms with Crippen LogP contribution in [0.2, 0.25) is 0 Å². The third-order valence-corrected chi connectivity index (χ3v) is 7.50. The van der Waals surface area contributed by atoms with Crippen molar-refractivity contribution in [3.63, 3.8) is 0 Å². The summed E-state index contributed by atoms with van der Waals surface area (Å²) in [6.07, 6.45) is -0.287. The second-order valence-corrected chi connectivity index (χ2v) is 10.1. The van der Waals surface area contributed by atoms with Crippen molar-refractivity contribution < 1.29 is 38.1 Å². The van der Waals surface area contributed by atoms with Gasteiger partial charge in [-0.1, -0.05) is 18.2 Å². The lowest BCUT2D eigenvalue weighted by Gasteiger charge is -2.35. The topological polar surface area (TPSA) is 143 Å². The lowest BCUT2D eigenvalue weighted by Crippen LogP contribution is -2.46. The zero-order valence-electron chi connectivity index (χ0n) is 23.8. The van der Waals surface area contributed by atoms with Gasteiger partial charge in [0.1, 0.15) is 23.0 Å². The van der Waals surface area contributed by atoms with Gasteiger partial charge in [-0.15, -0.1) is 0 Å². The van der Waals surface area contributed by atoms with Gasteiger partial charge in [-0.3, -0.25) is 14.5 Å². The molecule has 11 nitrogen and oxygen atoms in total. The van der Waals surface area contributed by atoms with E-state index in [0.29, 0.717) is 31.0 Å². The predicted molar refractivity (Wildman–Crippen MR) is 157 cm³/mol. The highest BCUT2D eigenvalue weighted by Gasteiger charge is 2.30. The minimum atomic E-state index is -1.12. The number of anilines is 1. The van der Waals surface area contributed by atoms with Crippen molar-refractivity contribution in [1.29, 1.82) is 0 Å². The average Bonchev–Trinajstić information content (AvgIpc) is 3.52. The molecule has 1 aliphatic rings. The molecule has 1 unspecified atom stereocenters. The zero-order valence-corrected chi connectivity index (χ0v) is 23.8. The molecular formula is C32H32N2O9. The van der Waals surface area contributed by atoms with E-state index in [1.807, 2.05) is 24.3 Å². The molecule has 2 aromatic carbocycles. The number of aromatic carboxylic acids is 1. The summed E-state index contributed by atoms with van der Waals surface area (Å²) in [5.41, 5.74) is 0.821. The molecule has 1 fully saturated rings. The summed E-state index contributed by atoms with van der Waals surface area (Å²) in [4.78, 5) is 41.4. The first-order chi connectivity index (χ1) is 20.8. The van der Waals surface area contributed by atoms with Crippen LogP contribution in [0, 0.1) is 0 Å². The Bertz CT molecular complexity index is 1650. The summed E-state index contributed by atoms with van der Waals surface area (Å²) in [5, 5.41) is 20.4. The molecule has 0 amide bonds. The largest absolute Gasteiger partial charge is 0.502 e. The lowest BCUT2D eigenvalue weighted by atomic mass is 9.98. The molecule has 3 heterocycles. The number of carboxylic acid groups (broad SMARTS) is 1. The minimum Gasteiger partial charge on any atom is -0.502 e. The van der Waals surface area contributed by atoms with Crippen LogP contribution in [0.3, 0.4) is 0 Å². The van der Waals surface area contributed by atoms with E-state index in [4.69, 9.17) is 18.3 Å². The first kappa shape index (κ1) is 29.5. The van der Waals surface area contributed by atoms with Crippen molar-refractivity contribution in [2.75, 3.05) is 45.3 Å². The standard InChI is InChI=1S/C32H32N2O9/c1-40-21-9-7-20(8-10-21)34-15-13-33(14-16-34)19-22-17-26(35)30(37)31(42-22)25(18-29(36)41-2)28-12-11-27(43-28)23-5-3-4-6-24(23)32(38)39/h3-12,17,25,37H,13-16,18-19H2,1-2H3,(H,38,39). The Hall–Kier alpha value is -5.03. The molecule has 1 atom stereocenters. The fourth-order valence-corrected chi connectivity index (χ4v) is 5.19. The number of hydrogen-bond donors (Lipinski definition) is 2. The van der Waals surface area contributed by atoms with Crippen molar-refractivity contribution in [3.8, 4) is 22.8 Å². The Morgan fingerprint density at radius 3 is 2.35 bits per heavy atom. The fraction of sp³-hybridized carbons (Fsp3) is 0.281. The molecule has 2 N–H and O–H groups in total. The van der Waals surface area contributed by atoms with Gasteiger partial charge < -0.3 is 33.4 Å². The van der Waals surface area contributed by atoms with Crippen molar-refractivity contribution in [2.24, 2.45) is 0 Å². The van der Waals surface area contributed by atoms with Crippen LogP contribution in [0.5, 0.6) is 11.5 Å². The maximum Gasteiger partial charge on any atom is 0.336 e. The van der Waals surface area contributed by atoms with Crippen LogP contribution in [0.25, 0.3) is 11.3 Å². The van der Waals surface area contributed by atoms with Gasteiger partial charge in [0.15, 0.2) is 5.76 Å². The van der Waals surface area contributed by atoms with E-state index in [1.54, 1.807) is 37.4 Å². The normalized spacial score (nSPS) is 14.3. The van der Waals surface area contributed by atoms with Crippen molar-refractivity contribution in [2.45, 2.75) is 18.9 Å². The Kier molecular flexibility index (Phi) is 8.82. The summed E-state index contributed by atoms with van der Waals surface area (Å²) in [5.74, 6) is -1.94. The van der Waals surface area contributed by atoms with Gasteiger partial charge in [0.05, 0.1) is 38.7 Å². The molecule has 1 saturated heterocycles. The quantitative estimate of drug-likeness (QED) is 0.256. The van der Waals surface area contributed by atoms with Gasteiger partial charge in [0.25, 0.3) is 0 Å². The number of ether oxygens (including phenoxy) is 2. The van der Waals surface area contributed by atoms with E-state index in [-0.39, 0.29) is 29.3 Å². The number of methoxy groups -OCH3 is 2. The number of benzene rings is 2. The van der Waals surface area contributed by atoms with Crippen LogP contribution in [0.4, 0.5) is 5.69 Å². The van der Waals surface area contributed by atoms with Gasteiger partial charge in [0, 0.05) is 43.5 Å². The van der Waals surface area contributed by atoms with Crippen LogP contribution >= 0.6 is 0 Å². The van der Waals surface area contributed by atoms with Crippen LogP contribution < -0.4 is 15.1 Å². The minimum absolute atomic E-state index is 0.0383. The molecule has 4 aromatic rings. The molecular weight excluding hydrogens is 556 g/mol. The van der Waals surface area contributed by atoms with Gasteiger partial charge in [-0.25, -0.2) is 4.79 Å². The molecule has 0 saturated carbocycles. The number of esters is 1. The summed E-state index contributed by atoms with van der Waals surface area (Å²) in [6.45, 7) is 3.27. The third kappa shape index (κ3) is 6.57. The smallest absolute Gasteiger partial charge is 0.336 e. The number of aromatic hydroxyl groups is 1. The Morgan fingerprint density at radius 1 is 0.953 bits per heavy atom.